The molecule has 0 aromatic carbocycles. The molecule has 5 nitrogen and oxygen atoms in total. The molecule has 4 rings (SSSR count). The molecule has 0 unspecified atom stereocenters. The number of anilines is 1. The van der Waals surface area contributed by atoms with Gasteiger partial charge in [0.15, 0.2) is 0 Å². The molecule has 4 atom stereocenters. The lowest BCUT2D eigenvalue weighted by Gasteiger charge is -2.27. The number of halogens is 1. The van der Waals surface area contributed by atoms with Gasteiger partial charge in [0.1, 0.15) is 5.82 Å². The summed E-state index contributed by atoms with van der Waals surface area (Å²) in [4.78, 5) is 21.0. The number of amides is 1. The summed E-state index contributed by atoms with van der Waals surface area (Å²) in [5, 5.41) is 3.43. The maximum atomic E-state index is 12.8. The normalized spacial score (nSPS) is 28.7. The van der Waals surface area contributed by atoms with E-state index in [1.165, 1.54) is 6.20 Å². The van der Waals surface area contributed by atoms with Crippen LogP contribution in [0, 0.1) is 5.92 Å². The Balaban J connectivity index is 1.58. The highest BCUT2D eigenvalue weighted by Crippen LogP contribution is 2.49. The van der Waals surface area contributed by atoms with Crippen molar-refractivity contribution >= 4 is 23.3 Å². The first-order valence-electron chi connectivity index (χ1n) is 7.70. The van der Waals surface area contributed by atoms with E-state index in [0.717, 1.165) is 18.4 Å². The minimum Gasteiger partial charge on any atom is -0.373 e. The van der Waals surface area contributed by atoms with Crippen LogP contribution in [0.2, 0.25) is 5.02 Å². The number of carbonyl (C=O) groups excluding carboxylic acids is 1. The number of rotatable bonds is 3. The van der Waals surface area contributed by atoms with Gasteiger partial charge in [-0.25, -0.2) is 4.98 Å². The smallest absolute Gasteiger partial charge is 0.231 e. The Hall–Kier alpha value is -1.98. The highest BCUT2D eigenvalue weighted by molar-refractivity contribution is 6.30. The van der Waals surface area contributed by atoms with Gasteiger partial charge in [0.05, 0.1) is 23.1 Å². The minimum absolute atomic E-state index is 0.0227. The van der Waals surface area contributed by atoms with Crippen molar-refractivity contribution in [3.05, 3.63) is 53.4 Å². The Morgan fingerprint density at radius 1 is 1.17 bits per heavy atom. The van der Waals surface area contributed by atoms with Crippen LogP contribution in [0.25, 0.3) is 0 Å². The molecule has 1 amide bonds. The Labute approximate surface area is 139 Å². The maximum absolute atomic E-state index is 12.8. The van der Waals surface area contributed by atoms with Crippen molar-refractivity contribution in [2.24, 2.45) is 5.92 Å². The van der Waals surface area contributed by atoms with Crippen LogP contribution in [0.5, 0.6) is 0 Å². The van der Waals surface area contributed by atoms with Crippen molar-refractivity contribution in [3.63, 3.8) is 0 Å². The fraction of sp³-hybridized carbons (Fsp3) is 0.353. The van der Waals surface area contributed by atoms with Crippen LogP contribution in [-0.2, 0) is 9.53 Å². The first kappa shape index (κ1) is 14.6. The molecule has 6 heteroatoms. The predicted molar refractivity (Wildman–Crippen MR) is 86.2 cm³/mol. The highest BCUT2D eigenvalue weighted by Gasteiger charge is 2.52. The fourth-order valence-corrected chi connectivity index (χ4v) is 3.79. The van der Waals surface area contributed by atoms with Crippen molar-refractivity contribution in [1.82, 2.24) is 9.97 Å². The molecule has 0 spiro atoms. The lowest BCUT2D eigenvalue weighted by Crippen LogP contribution is -2.36. The van der Waals surface area contributed by atoms with E-state index in [9.17, 15) is 4.79 Å². The lowest BCUT2D eigenvalue weighted by atomic mass is 9.75. The summed E-state index contributed by atoms with van der Waals surface area (Å²) in [6.07, 6.45) is 7.06. The minimum atomic E-state index is -0.200. The quantitative estimate of drug-likeness (QED) is 0.940. The summed E-state index contributed by atoms with van der Waals surface area (Å²) in [7, 11) is 0. The molecule has 2 aliphatic rings. The summed E-state index contributed by atoms with van der Waals surface area (Å²) in [6, 6.07) is 7.35. The molecule has 0 aliphatic carbocycles. The number of hydrogen-bond donors (Lipinski definition) is 1. The van der Waals surface area contributed by atoms with Gasteiger partial charge in [-0.15, -0.1) is 0 Å². The molecule has 2 fully saturated rings. The van der Waals surface area contributed by atoms with E-state index in [-0.39, 0.29) is 30.0 Å². The third kappa shape index (κ3) is 2.71. The Bertz CT molecular complexity index is 708. The molecule has 0 radical (unpaired) electrons. The highest BCUT2D eigenvalue weighted by atomic mass is 35.5. The van der Waals surface area contributed by atoms with Crippen LogP contribution in [0.1, 0.15) is 24.3 Å². The van der Waals surface area contributed by atoms with E-state index in [1.807, 2.05) is 12.1 Å². The number of fused-ring (bicyclic) bond motifs is 2. The third-order valence-electron chi connectivity index (χ3n) is 4.65. The largest absolute Gasteiger partial charge is 0.373 e. The molecule has 0 saturated carbocycles. The van der Waals surface area contributed by atoms with E-state index < -0.39 is 0 Å². The summed E-state index contributed by atoms with van der Waals surface area (Å²) >= 11 is 5.83. The van der Waals surface area contributed by atoms with Gasteiger partial charge >= 0.3 is 0 Å². The second kappa shape index (κ2) is 5.91. The molecule has 2 aromatic heterocycles. The number of nitrogens with one attached hydrogen (secondary N) is 1. The summed E-state index contributed by atoms with van der Waals surface area (Å²) in [5.74, 6) is 0.335. The fourth-order valence-electron chi connectivity index (χ4n) is 3.68. The van der Waals surface area contributed by atoms with E-state index in [1.54, 1.807) is 24.5 Å². The molecule has 2 aromatic rings. The Kier molecular flexibility index (Phi) is 3.75. The topological polar surface area (TPSA) is 64.1 Å². The van der Waals surface area contributed by atoms with Gasteiger partial charge in [0.2, 0.25) is 5.91 Å². The Morgan fingerprint density at radius 2 is 1.96 bits per heavy atom. The molecule has 2 saturated heterocycles. The van der Waals surface area contributed by atoms with Gasteiger partial charge in [0, 0.05) is 24.5 Å². The summed E-state index contributed by atoms with van der Waals surface area (Å²) in [5.41, 5.74) is 1.11. The second-order valence-electron chi connectivity index (χ2n) is 5.97. The van der Waals surface area contributed by atoms with Crippen molar-refractivity contribution in [1.29, 1.82) is 0 Å². The van der Waals surface area contributed by atoms with Crippen molar-refractivity contribution in [2.45, 2.75) is 31.0 Å². The average Bonchev–Trinajstić information content (AvgIpc) is 3.19. The molecular weight excluding hydrogens is 314 g/mol. The molecule has 4 heterocycles. The first-order valence-corrected chi connectivity index (χ1v) is 8.08. The van der Waals surface area contributed by atoms with Gasteiger partial charge in [-0.3, -0.25) is 9.78 Å². The lowest BCUT2D eigenvalue weighted by molar-refractivity contribution is -0.121. The van der Waals surface area contributed by atoms with E-state index >= 15 is 0 Å². The number of ether oxygens (including phenoxy) is 1. The number of carbonyl (C=O) groups is 1. The number of aromatic nitrogens is 2. The predicted octanol–water partition coefficient (Wildman–Crippen LogP) is 3.03. The van der Waals surface area contributed by atoms with Gasteiger partial charge in [-0.2, -0.15) is 0 Å². The van der Waals surface area contributed by atoms with Gasteiger partial charge in [-0.1, -0.05) is 11.6 Å². The molecule has 23 heavy (non-hydrogen) atoms. The number of hydrogen-bond acceptors (Lipinski definition) is 4. The standard InChI is InChI=1S/C17H16ClN3O2/c18-11-1-4-14(20-9-11)21-17(22)16-13-3-2-12(23-13)15(16)10-5-7-19-8-6-10/h1,4-9,12-13,15-16H,2-3H2,(H,20,21,22)/t12-,13+,15+,16-/m0/s1. The first-order chi connectivity index (χ1) is 11.2. The summed E-state index contributed by atoms with van der Waals surface area (Å²) in [6.45, 7) is 0. The summed E-state index contributed by atoms with van der Waals surface area (Å²) < 4.78 is 6.01. The van der Waals surface area contributed by atoms with Crippen molar-refractivity contribution in [3.8, 4) is 0 Å². The molecule has 2 bridgehead atoms. The van der Waals surface area contributed by atoms with Crippen LogP contribution in [-0.4, -0.2) is 28.1 Å². The molecule has 118 valence electrons. The average molecular weight is 330 g/mol. The zero-order chi connectivity index (χ0) is 15.8. The van der Waals surface area contributed by atoms with Crippen LogP contribution in [0.15, 0.2) is 42.9 Å². The number of nitrogens with zero attached hydrogens (tertiary/aromatic N) is 2. The van der Waals surface area contributed by atoms with Crippen molar-refractivity contribution < 1.29 is 9.53 Å². The second-order valence-corrected chi connectivity index (χ2v) is 6.41. The molecule has 1 N–H and O–H groups in total. The molecular formula is C17H16ClN3O2. The molecule has 2 aliphatic heterocycles. The SMILES string of the molecule is O=C(Nc1ccc(Cl)cn1)[C@@H]1[C@H](c2ccncc2)[C@@H]2CC[C@H]1O2. The van der Waals surface area contributed by atoms with E-state index in [4.69, 9.17) is 16.3 Å². The van der Waals surface area contributed by atoms with Crippen LogP contribution < -0.4 is 5.32 Å². The van der Waals surface area contributed by atoms with Crippen LogP contribution in [0.3, 0.4) is 0 Å². The maximum Gasteiger partial charge on any atom is 0.231 e. The van der Waals surface area contributed by atoms with E-state index in [2.05, 4.69) is 15.3 Å². The number of pyridine rings is 2. The van der Waals surface area contributed by atoms with Gasteiger partial charge in [0.25, 0.3) is 0 Å². The third-order valence-corrected chi connectivity index (χ3v) is 4.87. The van der Waals surface area contributed by atoms with Crippen LogP contribution in [0.4, 0.5) is 5.82 Å². The van der Waals surface area contributed by atoms with Crippen molar-refractivity contribution in [2.75, 3.05) is 5.32 Å². The van der Waals surface area contributed by atoms with Gasteiger partial charge < -0.3 is 10.1 Å². The van der Waals surface area contributed by atoms with E-state index in [0.29, 0.717) is 10.8 Å². The Morgan fingerprint density at radius 3 is 2.70 bits per heavy atom. The monoisotopic (exact) mass is 329 g/mol. The van der Waals surface area contributed by atoms with Crippen LogP contribution >= 0.6 is 11.6 Å². The zero-order valence-corrected chi connectivity index (χ0v) is 13.1. The van der Waals surface area contributed by atoms with Gasteiger partial charge in [-0.05, 0) is 42.7 Å². The zero-order valence-electron chi connectivity index (χ0n) is 12.4.